The van der Waals surface area contributed by atoms with Crippen LogP contribution in [-0.2, 0) is 5.41 Å². The van der Waals surface area contributed by atoms with Crippen molar-refractivity contribution in [3.63, 3.8) is 0 Å². The van der Waals surface area contributed by atoms with Crippen molar-refractivity contribution in [1.82, 2.24) is 15.0 Å². The molecule has 0 spiro atoms. The molecule has 138 valence electrons. The molecule has 1 aromatic carbocycles. The van der Waals surface area contributed by atoms with Crippen molar-refractivity contribution in [2.45, 2.75) is 44.4 Å². The highest BCUT2D eigenvalue weighted by molar-refractivity contribution is 5.94. The van der Waals surface area contributed by atoms with Crippen molar-refractivity contribution in [2.75, 3.05) is 13.1 Å². The summed E-state index contributed by atoms with van der Waals surface area (Å²) in [7, 11) is 0. The third-order valence-corrected chi connectivity index (χ3v) is 5.55. The lowest BCUT2D eigenvalue weighted by molar-refractivity contribution is 0.0641. The van der Waals surface area contributed by atoms with Gasteiger partial charge in [0.2, 0.25) is 5.89 Å². The maximum Gasteiger partial charge on any atom is 0.256 e. The first-order chi connectivity index (χ1) is 12.5. The highest BCUT2D eigenvalue weighted by Gasteiger charge is 2.44. The van der Waals surface area contributed by atoms with E-state index < -0.39 is 17.5 Å². The van der Waals surface area contributed by atoms with Crippen LogP contribution in [0.5, 0.6) is 0 Å². The van der Waals surface area contributed by atoms with Crippen molar-refractivity contribution < 1.29 is 18.1 Å². The molecule has 0 atom stereocenters. The molecular weight excluding hydrogens is 340 g/mol. The highest BCUT2D eigenvalue weighted by atomic mass is 19.1. The van der Waals surface area contributed by atoms with Crippen LogP contribution in [0.2, 0.25) is 0 Å². The molecule has 1 saturated carbocycles. The van der Waals surface area contributed by atoms with Gasteiger partial charge in [0.05, 0.1) is 5.56 Å². The Morgan fingerprint density at radius 3 is 2.62 bits per heavy atom. The lowest BCUT2D eigenvalue weighted by atomic mass is 9.73. The van der Waals surface area contributed by atoms with E-state index in [4.69, 9.17) is 4.52 Å². The fraction of sp³-hybridized carbons (Fsp3) is 0.526. The van der Waals surface area contributed by atoms with Gasteiger partial charge in [-0.1, -0.05) is 18.0 Å². The summed E-state index contributed by atoms with van der Waals surface area (Å²) in [5.41, 5.74) is -0.270. The zero-order chi connectivity index (χ0) is 18.3. The van der Waals surface area contributed by atoms with Crippen molar-refractivity contribution in [3.8, 4) is 0 Å². The Hall–Kier alpha value is -2.31. The van der Waals surface area contributed by atoms with E-state index in [-0.39, 0.29) is 11.0 Å². The summed E-state index contributed by atoms with van der Waals surface area (Å²) in [6.45, 7) is 2.77. The van der Waals surface area contributed by atoms with E-state index in [0.717, 1.165) is 37.2 Å². The van der Waals surface area contributed by atoms with Crippen LogP contribution in [0.4, 0.5) is 8.78 Å². The summed E-state index contributed by atoms with van der Waals surface area (Å²) < 4.78 is 32.2. The van der Waals surface area contributed by atoms with E-state index in [2.05, 4.69) is 10.1 Å². The minimum absolute atomic E-state index is 0.0866. The topological polar surface area (TPSA) is 59.2 Å². The number of rotatable bonds is 4. The van der Waals surface area contributed by atoms with E-state index in [1.807, 2.05) is 0 Å². The largest absolute Gasteiger partial charge is 0.340 e. The number of benzene rings is 1. The quantitative estimate of drug-likeness (QED) is 0.834. The summed E-state index contributed by atoms with van der Waals surface area (Å²) in [6.07, 6.45) is 4.89. The normalized spacial score (nSPS) is 19.6. The summed E-state index contributed by atoms with van der Waals surface area (Å²) in [5.74, 6) is 0.0497. The molecule has 1 aliphatic heterocycles. The Kier molecular flexibility index (Phi) is 4.25. The maximum absolute atomic E-state index is 13.9. The van der Waals surface area contributed by atoms with Gasteiger partial charge < -0.3 is 9.42 Å². The molecule has 0 unspecified atom stereocenters. The molecular formula is C19H21F2N3O2. The average Bonchev–Trinajstić information content (AvgIpc) is 3.31. The second kappa shape index (κ2) is 6.45. The van der Waals surface area contributed by atoms with E-state index in [0.29, 0.717) is 24.9 Å². The fourth-order valence-electron chi connectivity index (χ4n) is 3.88. The molecule has 4 rings (SSSR count). The standard InChI is InChI=1S/C19H21F2N3O2/c1-12-22-18(23-26-12)19(11-13-2-3-13)6-8-24(9-7-19)17(25)15-5-4-14(20)10-16(15)21/h4-5,10,13H,2-3,6-9,11H2,1H3. The van der Waals surface area contributed by atoms with Crippen molar-refractivity contribution in [3.05, 3.63) is 47.1 Å². The minimum atomic E-state index is -0.821. The zero-order valence-electron chi connectivity index (χ0n) is 14.7. The first-order valence-electron chi connectivity index (χ1n) is 9.02. The van der Waals surface area contributed by atoms with E-state index in [1.54, 1.807) is 11.8 Å². The molecule has 0 bridgehead atoms. The number of hydrogen-bond donors (Lipinski definition) is 0. The number of aryl methyl sites for hydroxylation is 1. The monoisotopic (exact) mass is 361 g/mol. The van der Waals surface area contributed by atoms with Crippen LogP contribution in [0.15, 0.2) is 22.7 Å². The number of carbonyl (C=O) groups is 1. The predicted molar refractivity (Wildman–Crippen MR) is 89.5 cm³/mol. The summed E-state index contributed by atoms with van der Waals surface area (Å²) in [5, 5.41) is 4.15. The van der Waals surface area contributed by atoms with Crippen LogP contribution >= 0.6 is 0 Å². The molecule has 0 radical (unpaired) electrons. The van der Waals surface area contributed by atoms with Crippen LogP contribution in [0.3, 0.4) is 0 Å². The van der Waals surface area contributed by atoms with Crippen molar-refractivity contribution in [1.29, 1.82) is 0 Å². The van der Waals surface area contributed by atoms with Crippen LogP contribution in [0, 0.1) is 24.5 Å². The SMILES string of the molecule is Cc1nc(C2(CC3CC3)CCN(C(=O)c3ccc(F)cc3F)CC2)no1. The lowest BCUT2D eigenvalue weighted by Gasteiger charge is -2.40. The second-order valence-electron chi connectivity index (χ2n) is 7.48. The molecule has 1 amide bonds. The summed E-state index contributed by atoms with van der Waals surface area (Å²) in [4.78, 5) is 18.7. The molecule has 2 heterocycles. The number of halogens is 2. The van der Waals surface area contributed by atoms with Crippen LogP contribution < -0.4 is 0 Å². The average molecular weight is 361 g/mol. The molecule has 1 aliphatic carbocycles. The Labute approximate surface area is 150 Å². The van der Waals surface area contributed by atoms with E-state index in [9.17, 15) is 13.6 Å². The van der Waals surface area contributed by atoms with E-state index in [1.165, 1.54) is 18.9 Å². The summed E-state index contributed by atoms with van der Waals surface area (Å²) >= 11 is 0. The van der Waals surface area contributed by atoms with Gasteiger partial charge in [0.25, 0.3) is 5.91 Å². The number of piperidine rings is 1. The third kappa shape index (κ3) is 3.22. The molecule has 1 aromatic heterocycles. The second-order valence-corrected chi connectivity index (χ2v) is 7.48. The number of hydrogen-bond acceptors (Lipinski definition) is 4. The predicted octanol–water partition coefficient (Wildman–Crippen LogP) is 3.63. The summed E-state index contributed by atoms with van der Waals surface area (Å²) in [6, 6.07) is 3.07. The molecule has 2 aromatic rings. The van der Waals surface area contributed by atoms with Crippen molar-refractivity contribution >= 4 is 5.91 Å². The molecule has 0 N–H and O–H groups in total. The number of amides is 1. The first-order valence-corrected chi connectivity index (χ1v) is 9.02. The minimum Gasteiger partial charge on any atom is -0.340 e. The zero-order valence-corrected chi connectivity index (χ0v) is 14.7. The van der Waals surface area contributed by atoms with Crippen LogP contribution in [0.25, 0.3) is 0 Å². The molecule has 1 saturated heterocycles. The van der Waals surface area contributed by atoms with Crippen LogP contribution in [-0.4, -0.2) is 34.0 Å². The molecule has 26 heavy (non-hydrogen) atoms. The van der Waals surface area contributed by atoms with Gasteiger partial charge in [-0.2, -0.15) is 4.98 Å². The number of nitrogens with zero attached hydrogens (tertiary/aromatic N) is 3. The molecule has 7 heteroatoms. The molecule has 2 fully saturated rings. The molecule has 5 nitrogen and oxygen atoms in total. The molecule has 2 aliphatic rings. The third-order valence-electron chi connectivity index (χ3n) is 5.55. The van der Waals surface area contributed by atoms with Gasteiger partial charge in [0.15, 0.2) is 5.82 Å². The Balaban J connectivity index is 1.51. The first kappa shape index (κ1) is 17.1. The van der Waals surface area contributed by atoms with Gasteiger partial charge in [0, 0.05) is 31.5 Å². The van der Waals surface area contributed by atoms with Gasteiger partial charge in [0.1, 0.15) is 11.6 Å². The maximum atomic E-state index is 13.9. The van der Waals surface area contributed by atoms with Gasteiger partial charge in [-0.3, -0.25) is 4.79 Å². The lowest BCUT2D eigenvalue weighted by Crippen LogP contribution is -2.46. The number of carbonyl (C=O) groups excluding carboxylic acids is 1. The van der Waals surface area contributed by atoms with Crippen molar-refractivity contribution in [2.24, 2.45) is 5.92 Å². The Morgan fingerprint density at radius 1 is 1.31 bits per heavy atom. The van der Waals surface area contributed by atoms with Gasteiger partial charge in [-0.05, 0) is 37.3 Å². The smallest absolute Gasteiger partial charge is 0.256 e. The number of likely N-dealkylation sites (tertiary alicyclic amines) is 1. The van der Waals surface area contributed by atoms with Gasteiger partial charge in [-0.15, -0.1) is 0 Å². The van der Waals surface area contributed by atoms with Crippen LogP contribution in [0.1, 0.15) is 54.2 Å². The Morgan fingerprint density at radius 2 is 2.04 bits per heavy atom. The van der Waals surface area contributed by atoms with Gasteiger partial charge in [-0.25, -0.2) is 8.78 Å². The number of aromatic nitrogens is 2. The highest BCUT2D eigenvalue weighted by Crippen LogP contribution is 2.46. The Bertz CT molecular complexity index is 824. The van der Waals surface area contributed by atoms with E-state index >= 15 is 0 Å². The fourth-order valence-corrected chi connectivity index (χ4v) is 3.88. The van der Waals surface area contributed by atoms with Gasteiger partial charge >= 0.3 is 0 Å².